The third kappa shape index (κ3) is 5.88. The molecule has 1 N–H and O–H groups in total. The van der Waals surface area contributed by atoms with Crippen molar-refractivity contribution >= 4 is 17.7 Å². The Bertz CT molecular complexity index is 443. The Morgan fingerprint density at radius 3 is 2.70 bits per heavy atom. The molecule has 3 nitrogen and oxygen atoms in total. The van der Waals surface area contributed by atoms with Crippen LogP contribution in [0.15, 0.2) is 23.1 Å². The van der Waals surface area contributed by atoms with Crippen LogP contribution in [0.2, 0.25) is 0 Å². The number of carbonyl (C=O) groups is 1. The number of amides is 1. The highest BCUT2D eigenvalue weighted by Crippen LogP contribution is 2.22. The van der Waals surface area contributed by atoms with Gasteiger partial charge in [-0.25, -0.2) is 8.78 Å². The Hall–Kier alpha value is -1.14. The van der Waals surface area contributed by atoms with Crippen molar-refractivity contribution in [3.63, 3.8) is 0 Å². The van der Waals surface area contributed by atoms with Gasteiger partial charge in [0.05, 0.1) is 5.75 Å². The molecule has 6 heteroatoms. The predicted molar refractivity (Wildman–Crippen MR) is 75.7 cm³/mol. The average molecular weight is 303 g/mol. The van der Waals surface area contributed by atoms with Gasteiger partial charge in [-0.15, -0.1) is 11.8 Å². The number of hydrogen-bond acceptors (Lipinski definition) is 3. The first kappa shape index (κ1) is 16.9. The second-order valence-electron chi connectivity index (χ2n) is 4.46. The summed E-state index contributed by atoms with van der Waals surface area (Å²) >= 11 is 1.06. The number of aliphatic hydroxyl groups excluding tert-OH is 1. The van der Waals surface area contributed by atoms with Gasteiger partial charge in [-0.2, -0.15) is 0 Å². The maximum absolute atomic E-state index is 13.4. The average Bonchev–Trinajstić information content (AvgIpc) is 2.42. The second-order valence-corrected chi connectivity index (χ2v) is 5.48. The molecule has 112 valence electrons. The van der Waals surface area contributed by atoms with Crippen molar-refractivity contribution in [1.82, 2.24) is 4.90 Å². The number of carbonyl (C=O) groups excluding carboxylic acids is 1. The highest BCUT2D eigenvalue weighted by molar-refractivity contribution is 8.00. The summed E-state index contributed by atoms with van der Waals surface area (Å²) in [7, 11) is 1.70. The summed E-state index contributed by atoms with van der Waals surface area (Å²) in [4.78, 5) is 13.7. The Morgan fingerprint density at radius 1 is 1.30 bits per heavy atom. The van der Waals surface area contributed by atoms with E-state index in [4.69, 9.17) is 5.11 Å². The van der Waals surface area contributed by atoms with Crippen LogP contribution in [0.1, 0.15) is 19.3 Å². The van der Waals surface area contributed by atoms with Gasteiger partial charge in [0.2, 0.25) is 5.91 Å². The van der Waals surface area contributed by atoms with E-state index in [-0.39, 0.29) is 23.2 Å². The third-order valence-corrected chi connectivity index (χ3v) is 3.86. The van der Waals surface area contributed by atoms with Crippen molar-refractivity contribution in [2.75, 3.05) is 26.0 Å². The van der Waals surface area contributed by atoms with Gasteiger partial charge in [-0.1, -0.05) is 0 Å². The molecule has 0 aliphatic carbocycles. The molecule has 0 radical (unpaired) electrons. The van der Waals surface area contributed by atoms with Crippen molar-refractivity contribution in [3.05, 3.63) is 29.8 Å². The third-order valence-electron chi connectivity index (χ3n) is 2.82. The lowest BCUT2D eigenvalue weighted by Gasteiger charge is -2.16. The second kappa shape index (κ2) is 8.92. The molecule has 0 spiro atoms. The van der Waals surface area contributed by atoms with Crippen LogP contribution in [0.4, 0.5) is 8.78 Å². The molecule has 0 aliphatic heterocycles. The van der Waals surface area contributed by atoms with Gasteiger partial charge in [0.1, 0.15) is 11.6 Å². The number of halogens is 2. The molecule has 1 aromatic rings. The SMILES string of the molecule is CN(CCCCCO)C(=O)CSc1ccc(F)cc1F. The van der Waals surface area contributed by atoms with Gasteiger partial charge in [-0.05, 0) is 31.4 Å². The lowest BCUT2D eigenvalue weighted by Crippen LogP contribution is -2.29. The van der Waals surface area contributed by atoms with E-state index in [1.807, 2.05) is 0 Å². The first-order valence-electron chi connectivity index (χ1n) is 6.47. The standard InChI is InChI=1S/C14H19F2NO2S/c1-17(7-3-2-4-8-18)14(19)10-20-13-6-5-11(15)9-12(13)16/h5-6,9,18H,2-4,7-8,10H2,1H3. The molecular formula is C14H19F2NO2S. The first-order valence-corrected chi connectivity index (χ1v) is 7.46. The predicted octanol–water partition coefficient (Wildman–Crippen LogP) is 2.68. The number of aliphatic hydroxyl groups is 1. The minimum atomic E-state index is -0.645. The lowest BCUT2D eigenvalue weighted by atomic mass is 10.2. The van der Waals surface area contributed by atoms with E-state index < -0.39 is 11.6 Å². The highest BCUT2D eigenvalue weighted by Gasteiger charge is 2.11. The smallest absolute Gasteiger partial charge is 0.232 e. The molecule has 0 fully saturated rings. The van der Waals surface area contributed by atoms with Gasteiger partial charge in [0.25, 0.3) is 0 Å². The number of benzene rings is 1. The summed E-state index contributed by atoms with van der Waals surface area (Å²) in [6.07, 6.45) is 2.43. The Balaban J connectivity index is 2.34. The maximum Gasteiger partial charge on any atom is 0.232 e. The van der Waals surface area contributed by atoms with Crippen LogP contribution < -0.4 is 0 Å². The summed E-state index contributed by atoms with van der Waals surface area (Å²) in [6.45, 7) is 0.780. The fourth-order valence-corrected chi connectivity index (χ4v) is 2.46. The summed E-state index contributed by atoms with van der Waals surface area (Å²) < 4.78 is 26.1. The number of unbranched alkanes of at least 4 members (excludes halogenated alkanes) is 2. The van der Waals surface area contributed by atoms with E-state index >= 15 is 0 Å². The zero-order valence-electron chi connectivity index (χ0n) is 11.4. The van der Waals surface area contributed by atoms with Crippen LogP contribution in [0.5, 0.6) is 0 Å². The van der Waals surface area contributed by atoms with Crippen LogP contribution in [-0.2, 0) is 4.79 Å². The summed E-state index contributed by atoms with van der Waals surface area (Å²) in [5, 5.41) is 8.65. The number of rotatable bonds is 8. The van der Waals surface area contributed by atoms with E-state index in [0.717, 1.165) is 37.1 Å². The summed E-state index contributed by atoms with van der Waals surface area (Å²) in [5.41, 5.74) is 0. The normalized spacial score (nSPS) is 10.6. The van der Waals surface area contributed by atoms with Crippen LogP contribution in [0.3, 0.4) is 0 Å². The van der Waals surface area contributed by atoms with Gasteiger partial charge < -0.3 is 10.0 Å². The molecule has 0 bridgehead atoms. The molecule has 0 saturated carbocycles. The molecule has 1 aromatic carbocycles. The van der Waals surface area contributed by atoms with Crippen molar-refractivity contribution in [3.8, 4) is 0 Å². The van der Waals surface area contributed by atoms with E-state index in [2.05, 4.69) is 0 Å². The van der Waals surface area contributed by atoms with E-state index in [9.17, 15) is 13.6 Å². The maximum atomic E-state index is 13.4. The zero-order valence-corrected chi connectivity index (χ0v) is 12.3. The first-order chi connectivity index (χ1) is 9.54. The molecule has 0 atom stereocenters. The Morgan fingerprint density at radius 2 is 2.05 bits per heavy atom. The fraction of sp³-hybridized carbons (Fsp3) is 0.500. The fourth-order valence-electron chi connectivity index (χ4n) is 1.60. The van der Waals surface area contributed by atoms with Crippen molar-refractivity contribution in [1.29, 1.82) is 0 Å². The minimum Gasteiger partial charge on any atom is -0.396 e. The zero-order chi connectivity index (χ0) is 15.0. The molecule has 1 amide bonds. The molecule has 0 aromatic heterocycles. The molecule has 20 heavy (non-hydrogen) atoms. The number of nitrogens with zero attached hydrogens (tertiary/aromatic N) is 1. The van der Waals surface area contributed by atoms with Crippen LogP contribution in [0, 0.1) is 11.6 Å². The Labute approximate surface area is 122 Å². The minimum absolute atomic E-state index is 0.0947. The highest BCUT2D eigenvalue weighted by atomic mass is 32.2. The topological polar surface area (TPSA) is 40.5 Å². The summed E-state index contributed by atoms with van der Waals surface area (Å²) in [6, 6.07) is 3.32. The molecule has 0 aliphatic rings. The van der Waals surface area contributed by atoms with Crippen molar-refractivity contribution < 1.29 is 18.7 Å². The molecular weight excluding hydrogens is 284 g/mol. The molecule has 1 rings (SSSR count). The number of thioether (sulfide) groups is 1. The van der Waals surface area contributed by atoms with Gasteiger partial charge in [0, 0.05) is 31.2 Å². The molecule has 0 heterocycles. The van der Waals surface area contributed by atoms with E-state index in [1.165, 1.54) is 12.1 Å². The van der Waals surface area contributed by atoms with E-state index in [1.54, 1.807) is 11.9 Å². The van der Waals surface area contributed by atoms with E-state index in [0.29, 0.717) is 6.54 Å². The lowest BCUT2D eigenvalue weighted by molar-refractivity contribution is -0.127. The quantitative estimate of drug-likeness (QED) is 0.593. The molecule has 0 unspecified atom stereocenters. The largest absolute Gasteiger partial charge is 0.396 e. The van der Waals surface area contributed by atoms with Crippen molar-refractivity contribution in [2.24, 2.45) is 0 Å². The summed E-state index contributed by atoms with van der Waals surface area (Å²) in [5.74, 6) is -1.24. The van der Waals surface area contributed by atoms with Gasteiger partial charge in [0.15, 0.2) is 0 Å². The van der Waals surface area contributed by atoms with Crippen LogP contribution in [-0.4, -0.2) is 41.9 Å². The van der Waals surface area contributed by atoms with Gasteiger partial charge in [-0.3, -0.25) is 4.79 Å². The van der Waals surface area contributed by atoms with Crippen LogP contribution in [0.25, 0.3) is 0 Å². The van der Waals surface area contributed by atoms with Crippen LogP contribution >= 0.6 is 11.8 Å². The van der Waals surface area contributed by atoms with Gasteiger partial charge >= 0.3 is 0 Å². The molecule has 0 saturated heterocycles. The number of hydrogen-bond donors (Lipinski definition) is 1. The monoisotopic (exact) mass is 303 g/mol. The van der Waals surface area contributed by atoms with Crippen molar-refractivity contribution in [2.45, 2.75) is 24.2 Å². The Kier molecular flexibility index (Phi) is 7.54.